The summed E-state index contributed by atoms with van der Waals surface area (Å²) in [7, 11) is -0.764. The minimum atomic E-state index is -1.06. The molecular formula is C28H24NO3P. The molecular weight excluding hydrogens is 429 g/mol. The molecule has 0 aliphatic heterocycles. The molecule has 0 radical (unpaired) electrons. The minimum absolute atomic E-state index is 0.229. The van der Waals surface area contributed by atoms with Crippen molar-refractivity contribution in [1.29, 1.82) is 0 Å². The summed E-state index contributed by atoms with van der Waals surface area (Å²) in [6.45, 7) is 0. The van der Waals surface area contributed by atoms with E-state index in [4.69, 9.17) is 0 Å². The number of carbonyl (C=O) groups excluding carboxylic acids is 1. The SMILES string of the molecule is O=C(NC(Cc1ccccc1)C(=O)O)c1ccc(P(c2ccccc2)c2ccccc2)cc1. The Morgan fingerprint density at radius 2 is 1.12 bits per heavy atom. The molecule has 1 unspecified atom stereocenters. The molecule has 4 rings (SSSR count). The van der Waals surface area contributed by atoms with Gasteiger partial charge in [0.05, 0.1) is 0 Å². The first-order valence-electron chi connectivity index (χ1n) is 10.7. The van der Waals surface area contributed by atoms with Crippen LogP contribution in [0.25, 0.3) is 0 Å². The number of carboxylic acid groups (broad SMARTS) is 1. The highest BCUT2D eigenvalue weighted by atomic mass is 31.1. The molecule has 1 atom stereocenters. The van der Waals surface area contributed by atoms with Crippen LogP contribution in [0.4, 0.5) is 0 Å². The van der Waals surface area contributed by atoms with E-state index in [9.17, 15) is 14.7 Å². The predicted octanol–water partition coefficient (Wildman–Crippen LogP) is 3.87. The molecule has 4 aromatic carbocycles. The van der Waals surface area contributed by atoms with Crippen molar-refractivity contribution < 1.29 is 14.7 Å². The highest BCUT2D eigenvalue weighted by Crippen LogP contribution is 2.32. The van der Waals surface area contributed by atoms with Gasteiger partial charge >= 0.3 is 5.97 Å². The van der Waals surface area contributed by atoms with E-state index < -0.39 is 25.8 Å². The van der Waals surface area contributed by atoms with E-state index in [1.807, 2.05) is 78.9 Å². The highest BCUT2D eigenvalue weighted by Gasteiger charge is 2.22. The number of carbonyl (C=O) groups is 2. The van der Waals surface area contributed by atoms with Crippen LogP contribution in [0, 0.1) is 0 Å². The normalized spacial score (nSPS) is 11.7. The molecule has 0 saturated heterocycles. The average molecular weight is 453 g/mol. The van der Waals surface area contributed by atoms with Gasteiger partial charge in [0, 0.05) is 12.0 Å². The van der Waals surface area contributed by atoms with Crippen molar-refractivity contribution in [2.75, 3.05) is 0 Å². The van der Waals surface area contributed by atoms with Gasteiger partial charge in [-0.3, -0.25) is 4.79 Å². The summed E-state index contributed by atoms with van der Waals surface area (Å²) >= 11 is 0. The van der Waals surface area contributed by atoms with Gasteiger partial charge in [-0.25, -0.2) is 4.79 Å². The monoisotopic (exact) mass is 453 g/mol. The molecule has 4 nitrogen and oxygen atoms in total. The molecule has 0 saturated carbocycles. The van der Waals surface area contributed by atoms with Gasteiger partial charge in [-0.05, 0) is 41.5 Å². The Morgan fingerprint density at radius 1 is 0.667 bits per heavy atom. The van der Waals surface area contributed by atoms with Crippen molar-refractivity contribution in [2.45, 2.75) is 12.5 Å². The van der Waals surface area contributed by atoms with Crippen LogP contribution in [0.2, 0.25) is 0 Å². The topological polar surface area (TPSA) is 66.4 Å². The molecule has 0 aromatic heterocycles. The first-order chi connectivity index (χ1) is 16.1. The Bertz CT molecular complexity index is 1160. The van der Waals surface area contributed by atoms with Crippen LogP contribution in [0.1, 0.15) is 15.9 Å². The van der Waals surface area contributed by atoms with E-state index in [-0.39, 0.29) is 6.42 Å². The van der Waals surface area contributed by atoms with Gasteiger partial charge in [0.25, 0.3) is 5.91 Å². The molecule has 33 heavy (non-hydrogen) atoms. The van der Waals surface area contributed by atoms with E-state index in [1.165, 1.54) is 10.6 Å². The van der Waals surface area contributed by atoms with Crippen LogP contribution >= 0.6 is 7.92 Å². The molecule has 164 valence electrons. The first kappa shape index (κ1) is 22.4. The van der Waals surface area contributed by atoms with Gasteiger partial charge in [0.15, 0.2) is 0 Å². The fourth-order valence-corrected chi connectivity index (χ4v) is 5.94. The van der Waals surface area contributed by atoms with Crippen LogP contribution < -0.4 is 21.2 Å². The largest absolute Gasteiger partial charge is 0.480 e. The summed E-state index contributed by atoms with van der Waals surface area (Å²) in [6.07, 6.45) is 0.229. The lowest BCUT2D eigenvalue weighted by atomic mass is 10.1. The number of rotatable bonds is 8. The van der Waals surface area contributed by atoms with Gasteiger partial charge in [0.2, 0.25) is 0 Å². The van der Waals surface area contributed by atoms with Gasteiger partial charge in [-0.1, -0.05) is 103 Å². The third kappa shape index (κ3) is 5.74. The molecule has 0 aliphatic carbocycles. The van der Waals surface area contributed by atoms with Crippen molar-refractivity contribution >= 4 is 35.7 Å². The minimum Gasteiger partial charge on any atom is -0.480 e. The predicted molar refractivity (Wildman–Crippen MR) is 134 cm³/mol. The second-order valence-electron chi connectivity index (χ2n) is 7.61. The molecule has 0 fully saturated rings. The smallest absolute Gasteiger partial charge is 0.326 e. The number of aliphatic carboxylic acids is 1. The van der Waals surface area contributed by atoms with E-state index in [0.29, 0.717) is 5.56 Å². The third-order valence-corrected chi connectivity index (χ3v) is 7.75. The zero-order valence-corrected chi connectivity index (χ0v) is 18.9. The Morgan fingerprint density at radius 3 is 1.61 bits per heavy atom. The number of hydrogen-bond acceptors (Lipinski definition) is 2. The number of amides is 1. The second kappa shape index (κ2) is 10.7. The van der Waals surface area contributed by atoms with E-state index in [1.54, 1.807) is 12.1 Å². The first-order valence-corrected chi connectivity index (χ1v) is 12.0. The Hall–Kier alpha value is -3.75. The Balaban J connectivity index is 1.55. The maximum Gasteiger partial charge on any atom is 0.326 e. The Kier molecular flexibility index (Phi) is 7.29. The molecule has 2 N–H and O–H groups in total. The van der Waals surface area contributed by atoms with Crippen LogP contribution in [0.3, 0.4) is 0 Å². The second-order valence-corrected chi connectivity index (χ2v) is 9.83. The van der Waals surface area contributed by atoms with Crippen molar-refractivity contribution in [2.24, 2.45) is 0 Å². The molecule has 0 heterocycles. The van der Waals surface area contributed by atoms with Crippen LogP contribution in [-0.2, 0) is 11.2 Å². The third-order valence-electron chi connectivity index (χ3n) is 5.30. The molecule has 0 spiro atoms. The molecule has 4 aromatic rings. The van der Waals surface area contributed by atoms with Crippen molar-refractivity contribution in [3.63, 3.8) is 0 Å². The average Bonchev–Trinajstić information content (AvgIpc) is 2.86. The van der Waals surface area contributed by atoms with Crippen molar-refractivity contribution in [3.05, 3.63) is 126 Å². The maximum absolute atomic E-state index is 12.8. The Labute approximate surface area is 194 Å². The van der Waals surface area contributed by atoms with E-state index >= 15 is 0 Å². The fraction of sp³-hybridized carbons (Fsp3) is 0.0714. The van der Waals surface area contributed by atoms with Gasteiger partial charge in [-0.15, -0.1) is 0 Å². The highest BCUT2D eigenvalue weighted by molar-refractivity contribution is 7.79. The maximum atomic E-state index is 12.8. The molecule has 1 amide bonds. The van der Waals surface area contributed by atoms with Crippen molar-refractivity contribution in [1.82, 2.24) is 5.32 Å². The van der Waals surface area contributed by atoms with Gasteiger partial charge < -0.3 is 10.4 Å². The van der Waals surface area contributed by atoms with Gasteiger partial charge in [0.1, 0.15) is 6.04 Å². The lowest BCUT2D eigenvalue weighted by Crippen LogP contribution is -2.42. The number of carboxylic acids is 1. The number of benzene rings is 4. The summed E-state index contributed by atoms with van der Waals surface area (Å²) in [5.74, 6) is -1.45. The summed E-state index contributed by atoms with van der Waals surface area (Å²) < 4.78 is 0. The lowest BCUT2D eigenvalue weighted by Gasteiger charge is -2.20. The summed E-state index contributed by atoms with van der Waals surface area (Å²) in [4.78, 5) is 24.5. The lowest BCUT2D eigenvalue weighted by molar-refractivity contribution is -0.139. The van der Waals surface area contributed by atoms with Gasteiger partial charge in [-0.2, -0.15) is 0 Å². The summed E-state index contributed by atoms with van der Waals surface area (Å²) in [5.41, 5.74) is 1.30. The van der Waals surface area contributed by atoms with E-state index in [2.05, 4.69) is 29.6 Å². The van der Waals surface area contributed by atoms with Crippen molar-refractivity contribution in [3.8, 4) is 0 Å². The zero-order valence-electron chi connectivity index (χ0n) is 18.0. The zero-order chi connectivity index (χ0) is 23.0. The summed E-state index contributed by atoms with van der Waals surface area (Å²) in [6, 6.07) is 36.4. The van der Waals surface area contributed by atoms with Crippen LogP contribution in [0.15, 0.2) is 115 Å². The standard InChI is InChI=1S/C28H24NO3P/c30-27(29-26(28(31)32)20-21-10-4-1-5-11-21)22-16-18-25(19-17-22)33(23-12-6-2-7-13-23)24-14-8-3-9-15-24/h1-19,26H,20H2,(H,29,30)(H,31,32). The van der Waals surface area contributed by atoms with Crippen LogP contribution in [0.5, 0.6) is 0 Å². The number of hydrogen-bond donors (Lipinski definition) is 2. The van der Waals surface area contributed by atoms with E-state index in [0.717, 1.165) is 10.9 Å². The quantitative estimate of drug-likeness (QED) is 0.398. The van der Waals surface area contributed by atoms with Crippen LogP contribution in [-0.4, -0.2) is 23.0 Å². The summed E-state index contributed by atoms with van der Waals surface area (Å²) in [5, 5.41) is 15.8. The molecule has 5 heteroatoms. The molecule has 0 bridgehead atoms. The molecule has 0 aliphatic rings. The number of nitrogens with one attached hydrogen (secondary N) is 1. The fourth-order valence-electron chi connectivity index (χ4n) is 3.65.